The van der Waals surface area contributed by atoms with E-state index in [9.17, 15) is 9.59 Å². The zero-order valence-corrected chi connectivity index (χ0v) is 18.5. The molecule has 2 amide bonds. The Labute approximate surface area is 194 Å². The van der Waals surface area contributed by atoms with Gasteiger partial charge in [0.15, 0.2) is 5.82 Å². The van der Waals surface area contributed by atoms with E-state index in [4.69, 9.17) is 9.26 Å². The van der Waals surface area contributed by atoms with Crippen LogP contribution >= 0.6 is 0 Å². The molecule has 11 heteroatoms. The molecule has 0 fully saturated rings. The van der Waals surface area contributed by atoms with Crippen molar-refractivity contribution in [3.63, 3.8) is 0 Å². The predicted molar refractivity (Wildman–Crippen MR) is 120 cm³/mol. The predicted octanol–water partition coefficient (Wildman–Crippen LogP) is 1.91. The van der Waals surface area contributed by atoms with Gasteiger partial charge in [-0.3, -0.25) is 9.59 Å². The average molecular weight is 459 g/mol. The highest BCUT2D eigenvalue weighted by Gasteiger charge is 2.32. The van der Waals surface area contributed by atoms with Gasteiger partial charge < -0.3 is 24.5 Å². The van der Waals surface area contributed by atoms with Crippen LogP contribution in [0.4, 0.5) is 5.69 Å². The monoisotopic (exact) mass is 459 g/mol. The summed E-state index contributed by atoms with van der Waals surface area (Å²) in [6.45, 7) is 1.69. The SMILES string of the molecule is Cc1noc(-c2ccc3c(c2)N(C)C(=O)C(NC(=O)c2nnc(Cc4ccccc4)[nH]2)CO3)n1. The van der Waals surface area contributed by atoms with Gasteiger partial charge in [-0.1, -0.05) is 35.5 Å². The van der Waals surface area contributed by atoms with E-state index < -0.39 is 11.9 Å². The number of carbonyl (C=O) groups excluding carboxylic acids is 2. The molecule has 172 valence electrons. The third-order valence-corrected chi connectivity index (χ3v) is 5.40. The van der Waals surface area contributed by atoms with Crippen LogP contribution in [0.1, 0.15) is 27.8 Å². The molecule has 0 spiro atoms. The van der Waals surface area contributed by atoms with Crippen molar-refractivity contribution in [3.8, 4) is 17.2 Å². The van der Waals surface area contributed by atoms with Crippen molar-refractivity contribution in [2.75, 3.05) is 18.6 Å². The summed E-state index contributed by atoms with van der Waals surface area (Å²) >= 11 is 0. The number of nitrogens with zero attached hydrogens (tertiary/aromatic N) is 5. The lowest BCUT2D eigenvalue weighted by Gasteiger charge is -2.20. The molecule has 1 unspecified atom stereocenters. The maximum atomic E-state index is 13.1. The van der Waals surface area contributed by atoms with Gasteiger partial charge in [-0.15, -0.1) is 10.2 Å². The largest absolute Gasteiger partial charge is 0.489 e. The molecule has 0 saturated heterocycles. The van der Waals surface area contributed by atoms with Gasteiger partial charge >= 0.3 is 0 Å². The summed E-state index contributed by atoms with van der Waals surface area (Å²) in [5, 5.41) is 14.4. The van der Waals surface area contributed by atoms with Crippen LogP contribution in [0.2, 0.25) is 0 Å². The first-order valence-electron chi connectivity index (χ1n) is 10.6. The molecule has 1 aliphatic rings. The zero-order chi connectivity index (χ0) is 23.7. The average Bonchev–Trinajstić information content (AvgIpc) is 3.48. The minimum atomic E-state index is -0.915. The third kappa shape index (κ3) is 4.22. The number of anilines is 1. The molecule has 11 nitrogen and oxygen atoms in total. The minimum absolute atomic E-state index is 0.0252. The molecule has 4 aromatic rings. The number of carbonyl (C=O) groups is 2. The van der Waals surface area contributed by atoms with E-state index >= 15 is 0 Å². The quantitative estimate of drug-likeness (QED) is 0.461. The molecule has 0 aliphatic carbocycles. The molecule has 2 aromatic heterocycles. The summed E-state index contributed by atoms with van der Waals surface area (Å²) in [4.78, 5) is 34.4. The van der Waals surface area contributed by atoms with Crippen LogP contribution in [-0.4, -0.2) is 56.8 Å². The van der Waals surface area contributed by atoms with Gasteiger partial charge in [-0.2, -0.15) is 4.98 Å². The van der Waals surface area contributed by atoms with E-state index in [0.29, 0.717) is 41.0 Å². The molecule has 1 atom stereocenters. The van der Waals surface area contributed by atoms with E-state index in [0.717, 1.165) is 5.56 Å². The highest BCUT2D eigenvalue weighted by atomic mass is 16.5. The fourth-order valence-corrected chi connectivity index (χ4v) is 3.64. The summed E-state index contributed by atoms with van der Waals surface area (Å²) in [5.41, 5.74) is 2.21. The molecule has 0 radical (unpaired) electrons. The molecule has 34 heavy (non-hydrogen) atoms. The molecule has 2 aromatic carbocycles. The Bertz CT molecular complexity index is 1350. The highest BCUT2D eigenvalue weighted by molar-refractivity contribution is 6.02. The van der Waals surface area contributed by atoms with Gasteiger partial charge in [0.05, 0.1) is 5.69 Å². The van der Waals surface area contributed by atoms with Crippen LogP contribution in [0.25, 0.3) is 11.5 Å². The van der Waals surface area contributed by atoms with Gasteiger partial charge in [-0.05, 0) is 30.7 Å². The normalized spacial score (nSPS) is 15.4. The smallest absolute Gasteiger partial charge is 0.289 e. The number of benzene rings is 2. The second kappa shape index (κ2) is 8.77. The second-order valence-electron chi connectivity index (χ2n) is 7.85. The third-order valence-electron chi connectivity index (χ3n) is 5.40. The number of fused-ring (bicyclic) bond motifs is 1. The number of aryl methyl sites for hydroxylation is 1. The standard InChI is InChI=1S/C23H21N7O4/c1-13-24-22(34-29-13)15-8-9-18-17(11-15)30(2)23(32)16(12-33-18)25-21(31)20-26-19(27-28-20)10-14-6-4-3-5-7-14/h3-9,11,16H,10,12H2,1-2H3,(H,25,31)(H,26,27,28). The number of ether oxygens (including phenoxy) is 1. The van der Waals surface area contributed by atoms with Crippen molar-refractivity contribution in [3.05, 3.63) is 71.6 Å². The van der Waals surface area contributed by atoms with Crippen molar-refractivity contribution >= 4 is 17.5 Å². The number of amides is 2. The number of likely N-dealkylation sites (N-methyl/N-ethyl adjacent to an activating group) is 1. The van der Waals surface area contributed by atoms with Crippen molar-refractivity contribution in [2.24, 2.45) is 0 Å². The van der Waals surface area contributed by atoms with E-state index in [2.05, 4.69) is 30.6 Å². The number of hydrogen-bond acceptors (Lipinski definition) is 8. The molecule has 0 saturated carbocycles. The maximum Gasteiger partial charge on any atom is 0.289 e. The fraction of sp³-hybridized carbons (Fsp3) is 0.217. The van der Waals surface area contributed by atoms with Crippen LogP contribution in [-0.2, 0) is 11.2 Å². The number of aromatic nitrogens is 5. The van der Waals surface area contributed by atoms with Gasteiger partial charge in [-0.25, -0.2) is 0 Å². The van der Waals surface area contributed by atoms with Gasteiger partial charge in [0.25, 0.3) is 17.7 Å². The Balaban J connectivity index is 1.30. The molecule has 3 heterocycles. The fourth-order valence-electron chi connectivity index (χ4n) is 3.64. The molecular formula is C23H21N7O4. The summed E-state index contributed by atoms with van der Waals surface area (Å²) in [6, 6.07) is 14.0. The summed E-state index contributed by atoms with van der Waals surface area (Å²) in [6.07, 6.45) is 0.506. The van der Waals surface area contributed by atoms with Gasteiger partial charge in [0.1, 0.15) is 24.2 Å². The first-order chi connectivity index (χ1) is 16.5. The number of H-pyrrole nitrogens is 1. The van der Waals surface area contributed by atoms with Crippen molar-refractivity contribution < 1.29 is 18.8 Å². The summed E-state index contributed by atoms with van der Waals surface area (Å²) < 4.78 is 11.0. The number of hydrogen-bond donors (Lipinski definition) is 2. The Hall–Kier alpha value is -4.54. The van der Waals surface area contributed by atoms with Crippen LogP contribution in [0.5, 0.6) is 5.75 Å². The Morgan fingerprint density at radius 1 is 1.21 bits per heavy atom. The van der Waals surface area contributed by atoms with Gasteiger partial charge in [0, 0.05) is 19.0 Å². The van der Waals surface area contributed by atoms with Gasteiger partial charge in [0.2, 0.25) is 5.82 Å². The molecule has 0 bridgehead atoms. The lowest BCUT2D eigenvalue weighted by Crippen LogP contribution is -2.49. The number of aromatic amines is 1. The first-order valence-corrected chi connectivity index (χ1v) is 10.6. The second-order valence-corrected chi connectivity index (χ2v) is 7.85. The minimum Gasteiger partial charge on any atom is -0.489 e. The van der Waals surface area contributed by atoms with Crippen molar-refractivity contribution in [1.82, 2.24) is 30.6 Å². The highest BCUT2D eigenvalue weighted by Crippen LogP contribution is 2.34. The molecule has 5 rings (SSSR count). The summed E-state index contributed by atoms with van der Waals surface area (Å²) in [5.74, 6) is 1.03. The molecular weight excluding hydrogens is 438 g/mol. The van der Waals surface area contributed by atoms with Crippen LogP contribution < -0.4 is 15.0 Å². The topological polar surface area (TPSA) is 139 Å². The molecule has 2 N–H and O–H groups in total. The zero-order valence-electron chi connectivity index (χ0n) is 18.5. The van der Waals surface area contributed by atoms with Crippen LogP contribution in [0.3, 0.4) is 0 Å². The van der Waals surface area contributed by atoms with Crippen molar-refractivity contribution in [2.45, 2.75) is 19.4 Å². The van der Waals surface area contributed by atoms with E-state index in [1.807, 2.05) is 30.3 Å². The lowest BCUT2D eigenvalue weighted by molar-refractivity contribution is -0.120. The molecule has 1 aliphatic heterocycles. The number of nitrogens with one attached hydrogen (secondary N) is 2. The Kier molecular flexibility index (Phi) is 5.50. The van der Waals surface area contributed by atoms with Crippen LogP contribution in [0, 0.1) is 6.92 Å². The summed E-state index contributed by atoms with van der Waals surface area (Å²) in [7, 11) is 1.62. The van der Waals surface area contributed by atoms with E-state index in [1.165, 1.54) is 4.90 Å². The van der Waals surface area contributed by atoms with E-state index in [1.54, 1.807) is 32.2 Å². The maximum absolute atomic E-state index is 13.1. The Morgan fingerprint density at radius 2 is 2.03 bits per heavy atom. The first kappa shape index (κ1) is 21.3. The van der Waals surface area contributed by atoms with E-state index in [-0.39, 0.29) is 18.3 Å². The van der Waals surface area contributed by atoms with Crippen LogP contribution in [0.15, 0.2) is 53.1 Å². The number of rotatable bonds is 5. The Morgan fingerprint density at radius 3 is 2.79 bits per heavy atom. The van der Waals surface area contributed by atoms with Crippen molar-refractivity contribution in [1.29, 1.82) is 0 Å². The lowest BCUT2D eigenvalue weighted by atomic mass is 10.1.